The van der Waals surface area contributed by atoms with E-state index in [-0.39, 0.29) is 12.0 Å². The standard InChI is InChI=1S/C23H24BrN3O2/c1-14(2)29-22-10-7-15(11-19(22)24)13-25-27-23(28)16-8-9-21-18(12-16)17-5-3-4-6-20(17)26-21/h7-14,26H,3-6H2,1-2H3,(H,27,28)/b25-13-. The number of H-pyrrole nitrogens is 1. The third kappa shape index (κ3) is 4.37. The maximum Gasteiger partial charge on any atom is 0.271 e. The molecule has 0 bridgehead atoms. The summed E-state index contributed by atoms with van der Waals surface area (Å²) in [7, 11) is 0. The number of aromatic nitrogens is 1. The molecular formula is C23H24BrN3O2. The molecule has 6 heteroatoms. The molecule has 0 radical (unpaired) electrons. The highest BCUT2D eigenvalue weighted by atomic mass is 79.9. The van der Waals surface area contributed by atoms with Crippen molar-refractivity contribution in [3.05, 3.63) is 63.3 Å². The molecule has 0 spiro atoms. The minimum Gasteiger partial charge on any atom is -0.490 e. The summed E-state index contributed by atoms with van der Waals surface area (Å²) in [6.07, 6.45) is 6.32. The summed E-state index contributed by atoms with van der Waals surface area (Å²) in [5, 5.41) is 5.26. The molecule has 2 N–H and O–H groups in total. The van der Waals surface area contributed by atoms with E-state index in [1.807, 2.05) is 50.2 Å². The number of halogens is 1. The van der Waals surface area contributed by atoms with Crippen LogP contribution in [0.2, 0.25) is 0 Å². The van der Waals surface area contributed by atoms with Gasteiger partial charge in [0.25, 0.3) is 5.91 Å². The van der Waals surface area contributed by atoms with E-state index in [0.717, 1.165) is 39.5 Å². The van der Waals surface area contributed by atoms with Crippen molar-refractivity contribution in [2.24, 2.45) is 5.10 Å². The number of aryl methyl sites for hydroxylation is 2. The lowest BCUT2D eigenvalue weighted by atomic mass is 9.95. The first-order chi connectivity index (χ1) is 14.0. The minimum absolute atomic E-state index is 0.105. The summed E-state index contributed by atoms with van der Waals surface area (Å²) in [6.45, 7) is 3.97. The number of ether oxygens (including phenoxy) is 1. The zero-order valence-corrected chi connectivity index (χ0v) is 18.2. The van der Waals surface area contributed by atoms with Crippen LogP contribution in [0.4, 0.5) is 0 Å². The minimum atomic E-state index is -0.215. The summed E-state index contributed by atoms with van der Waals surface area (Å²) in [6, 6.07) is 11.5. The van der Waals surface area contributed by atoms with Crippen LogP contribution in [-0.4, -0.2) is 23.2 Å². The average molecular weight is 454 g/mol. The van der Waals surface area contributed by atoms with Crippen LogP contribution in [0.3, 0.4) is 0 Å². The molecule has 150 valence electrons. The summed E-state index contributed by atoms with van der Waals surface area (Å²) in [5.74, 6) is 0.567. The number of benzene rings is 2. The Morgan fingerprint density at radius 1 is 1.21 bits per heavy atom. The van der Waals surface area contributed by atoms with Gasteiger partial charge in [-0.25, -0.2) is 5.43 Å². The molecule has 1 aliphatic carbocycles. The van der Waals surface area contributed by atoms with Gasteiger partial charge in [0.15, 0.2) is 0 Å². The second-order valence-electron chi connectivity index (χ2n) is 7.61. The number of hydrazone groups is 1. The van der Waals surface area contributed by atoms with Crippen molar-refractivity contribution in [2.75, 3.05) is 0 Å². The summed E-state index contributed by atoms with van der Waals surface area (Å²) >= 11 is 3.51. The molecule has 0 saturated heterocycles. The highest BCUT2D eigenvalue weighted by Crippen LogP contribution is 2.30. The Morgan fingerprint density at radius 3 is 2.83 bits per heavy atom. The normalized spacial score (nSPS) is 13.8. The monoisotopic (exact) mass is 453 g/mol. The summed E-state index contributed by atoms with van der Waals surface area (Å²) in [5.41, 5.74) is 7.88. The van der Waals surface area contributed by atoms with Crippen molar-refractivity contribution in [3.63, 3.8) is 0 Å². The number of rotatable bonds is 5. The quantitative estimate of drug-likeness (QED) is 0.403. The van der Waals surface area contributed by atoms with Crippen molar-refractivity contribution in [1.29, 1.82) is 0 Å². The van der Waals surface area contributed by atoms with Crippen LogP contribution < -0.4 is 10.2 Å². The Labute approximate surface area is 178 Å². The fourth-order valence-electron chi connectivity index (χ4n) is 3.72. The predicted molar refractivity (Wildman–Crippen MR) is 120 cm³/mol. The largest absolute Gasteiger partial charge is 0.490 e. The molecule has 1 amide bonds. The first kappa shape index (κ1) is 19.7. The van der Waals surface area contributed by atoms with Gasteiger partial charge in [0, 0.05) is 22.2 Å². The topological polar surface area (TPSA) is 66.5 Å². The van der Waals surface area contributed by atoms with Gasteiger partial charge < -0.3 is 9.72 Å². The summed E-state index contributed by atoms with van der Waals surface area (Å²) < 4.78 is 6.56. The van der Waals surface area contributed by atoms with Crippen molar-refractivity contribution in [1.82, 2.24) is 10.4 Å². The zero-order valence-electron chi connectivity index (χ0n) is 16.6. The molecule has 1 aliphatic rings. The summed E-state index contributed by atoms with van der Waals surface area (Å²) in [4.78, 5) is 16.0. The fraction of sp³-hybridized carbons (Fsp3) is 0.304. The van der Waals surface area contributed by atoms with Crippen molar-refractivity contribution >= 4 is 39.0 Å². The molecule has 0 unspecified atom stereocenters. The number of carbonyl (C=O) groups is 1. The van der Waals surface area contributed by atoms with Crippen LogP contribution in [0, 0.1) is 0 Å². The fourth-order valence-corrected chi connectivity index (χ4v) is 4.21. The second-order valence-corrected chi connectivity index (χ2v) is 8.46. The van der Waals surface area contributed by atoms with E-state index in [0.29, 0.717) is 5.56 Å². The molecule has 0 aliphatic heterocycles. The Hall–Kier alpha value is -2.60. The van der Waals surface area contributed by atoms with Crippen LogP contribution >= 0.6 is 15.9 Å². The molecule has 5 nitrogen and oxygen atoms in total. The van der Waals surface area contributed by atoms with Crippen molar-refractivity contribution in [3.8, 4) is 5.75 Å². The third-order valence-corrected chi connectivity index (χ3v) is 5.68. The maximum atomic E-state index is 12.5. The van der Waals surface area contributed by atoms with Crippen LogP contribution in [0.25, 0.3) is 10.9 Å². The molecule has 0 atom stereocenters. The number of carbonyl (C=O) groups excluding carboxylic acids is 1. The van der Waals surface area contributed by atoms with E-state index in [4.69, 9.17) is 4.74 Å². The predicted octanol–water partition coefficient (Wildman–Crippen LogP) is 5.36. The SMILES string of the molecule is CC(C)Oc1ccc(/C=N\NC(=O)c2ccc3[nH]c4c(c3c2)CCCC4)cc1Br. The first-order valence-electron chi connectivity index (χ1n) is 9.94. The molecule has 29 heavy (non-hydrogen) atoms. The van der Waals surface area contributed by atoms with Crippen LogP contribution in [0.15, 0.2) is 46.0 Å². The molecule has 1 aromatic heterocycles. The average Bonchev–Trinajstić information content (AvgIpc) is 3.07. The Morgan fingerprint density at radius 2 is 2.03 bits per heavy atom. The van der Waals surface area contributed by atoms with Crippen molar-refractivity contribution in [2.45, 2.75) is 45.6 Å². The van der Waals surface area contributed by atoms with E-state index in [9.17, 15) is 4.79 Å². The highest BCUT2D eigenvalue weighted by molar-refractivity contribution is 9.10. The van der Waals surface area contributed by atoms with Crippen LogP contribution in [0.5, 0.6) is 5.75 Å². The van der Waals surface area contributed by atoms with Gasteiger partial charge in [-0.05, 0) is 103 Å². The van der Waals surface area contributed by atoms with Gasteiger partial charge in [-0.3, -0.25) is 4.79 Å². The van der Waals surface area contributed by atoms with E-state index < -0.39 is 0 Å². The molecule has 3 aromatic rings. The number of fused-ring (bicyclic) bond motifs is 3. The molecular weight excluding hydrogens is 430 g/mol. The smallest absolute Gasteiger partial charge is 0.271 e. The lowest BCUT2D eigenvalue weighted by Gasteiger charge is -2.11. The number of hydrogen-bond donors (Lipinski definition) is 2. The Bertz CT molecular complexity index is 1090. The number of nitrogens with zero attached hydrogens (tertiary/aromatic N) is 1. The number of nitrogens with one attached hydrogen (secondary N) is 2. The number of amides is 1. The van der Waals surface area contributed by atoms with E-state index in [2.05, 4.69) is 31.4 Å². The highest BCUT2D eigenvalue weighted by Gasteiger charge is 2.16. The molecule has 2 aromatic carbocycles. The number of hydrogen-bond acceptors (Lipinski definition) is 3. The van der Waals surface area contributed by atoms with Crippen molar-refractivity contribution < 1.29 is 9.53 Å². The van der Waals surface area contributed by atoms with Gasteiger partial charge >= 0.3 is 0 Å². The molecule has 0 fully saturated rings. The van der Waals surface area contributed by atoms with Gasteiger partial charge in [-0.15, -0.1) is 0 Å². The molecule has 4 rings (SSSR count). The van der Waals surface area contributed by atoms with Gasteiger partial charge in [0.05, 0.1) is 16.8 Å². The zero-order chi connectivity index (χ0) is 20.4. The van der Waals surface area contributed by atoms with Gasteiger partial charge in [-0.1, -0.05) is 0 Å². The van der Waals surface area contributed by atoms with Gasteiger partial charge in [0.2, 0.25) is 0 Å². The third-order valence-electron chi connectivity index (χ3n) is 5.06. The first-order valence-corrected chi connectivity index (χ1v) is 10.7. The molecule has 0 saturated carbocycles. The lowest BCUT2D eigenvalue weighted by molar-refractivity contribution is 0.0955. The maximum absolute atomic E-state index is 12.5. The van der Waals surface area contributed by atoms with E-state index in [1.54, 1.807) is 6.21 Å². The van der Waals surface area contributed by atoms with E-state index >= 15 is 0 Å². The number of aromatic amines is 1. The Balaban J connectivity index is 1.46. The van der Waals surface area contributed by atoms with Crippen LogP contribution in [-0.2, 0) is 12.8 Å². The lowest BCUT2D eigenvalue weighted by Crippen LogP contribution is -2.17. The van der Waals surface area contributed by atoms with E-state index in [1.165, 1.54) is 24.1 Å². The Kier molecular flexibility index (Phi) is 5.72. The second kappa shape index (κ2) is 8.41. The molecule has 1 heterocycles. The van der Waals surface area contributed by atoms with Crippen LogP contribution in [0.1, 0.15) is 53.9 Å². The van der Waals surface area contributed by atoms with Gasteiger partial charge in [-0.2, -0.15) is 5.10 Å². The van der Waals surface area contributed by atoms with Gasteiger partial charge in [0.1, 0.15) is 5.75 Å².